The van der Waals surface area contributed by atoms with Gasteiger partial charge >= 0.3 is 6.18 Å². The summed E-state index contributed by atoms with van der Waals surface area (Å²) in [7, 11) is 3.82. The predicted molar refractivity (Wildman–Crippen MR) is 170 cm³/mol. The van der Waals surface area contributed by atoms with Crippen LogP contribution in [0.2, 0.25) is 5.02 Å². The molecule has 3 heterocycles. The predicted octanol–water partition coefficient (Wildman–Crippen LogP) is 6.84. The number of halogens is 4. The van der Waals surface area contributed by atoms with E-state index in [0.717, 1.165) is 39.1 Å². The molecule has 0 bridgehead atoms. The van der Waals surface area contributed by atoms with Gasteiger partial charge < -0.3 is 14.5 Å². The molecule has 3 aromatic carbocycles. The van der Waals surface area contributed by atoms with E-state index in [9.17, 15) is 22.8 Å². The molecule has 234 valence electrons. The Morgan fingerprint density at radius 2 is 1.73 bits per heavy atom. The second-order valence-electron chi connectivity index (χ2n) is 11.1. The largest absolute Gasteiger partial charge is 0.482 e. The summed E-state index contributed by atoms with van der Waals surface area (Å²) in [6.07, 6.45) is -3.42. The van der Waals surface area contributed by atoms with Crippen molar-refractivity contribution in [2.24, 2.45) is 0 Å². The summed E-state index contributed by atoms with van der Waals surface area (Å²) in [6.45, 7) is 0.414. The van der Waals surface area contributed by atoms with E-state index in [0.29, 0.717) is 11.3 Å². The molecule has 2 atom stereocenters. The lowest BCUT2D eigenvalue weighted by atomic mass is 9.92. The number of alkyl halides is 3. The van der Waals surface area contributed by atoms with E-state index < -0.39 is 42.0 Å². The van der Waals surface area contributed by atoms with Crippen LogP contribution < -0.4 is 20.1 Å². The van der Waals surface area contributed by atoms with Crippen molar-refractivity contribution in [2.75, 3.05) is 30.7 Å². The van der Waals surface area contributed by atoms with Crippen LogP contribution in [0.3, 0.4) is 0 Å². The van der Waals surface area contributed by atoms with E-state index in [4.69, 9.17) is 16.3 Å². The van der Waals surface area contributed by atoms with Gasteiger partial charge in [0, 0.05) is 42.2 Å². The van der Waals surface area contributed by atoms with Crippen molar-refractivity contribution in [1.82, 2.24) is 9.58 Å². The van der Waals surface area contributed by atoms with Gasteiger partial charge in [-0.05, 0) is 35.7 Å². The van der Waals surface area contributed by atoms with Crippen LogP contribution in [0.4, 0.5) is 18.9 Å². The van der Waals surface area contributed by atoms with Gasteiger partial charge in [-0.1, -0.05) is 72.3 Å². The molecular formula is C33H30ClF3N4O3S. The van der Waals surface area contributed by atoms with Gasteiger partial charge in [0.2, 0.25) is 5.43 Å². The average molecular weight is 655 g/mol. The van der Waals surface area contributed by atoms with Crippen molar-refractivity contribution in [3.05, 3.63) is 122 Å². The molecule has 1 aromatic heterocycles. The number of amides is 1. The minimum atomic E-state index is -4.73. The van der Waals surface area contributed by atoms with Gasteiger partial charge in [0.1, 0.15) is 30.4 Å². The van der Waals surface area contributed by atoms with Gasteiger partial charge in [-0.2, -0.15) is 13.2 Å². The summed E-state index contributed by atoms with van der Waals surface area (Å²) in [5.74, 6) is -0.758. The van der Waals surface area contributed by atoms with Crippen LogP contribution in [0.25, 0.3) is 0 Å². The first-order chi connectivity index (χ1) is 21.5. The SMILES string of the molecule is C[C@@H](N1CN([C@H]2c3ccccc3SCc3cccc(N(C)C)c32)n2cc(Cl)c(=O)c(OCc3ccccc3)c2C1=O)C(F)(F)F. The van der Waals surface area contributed by atoms with Gasteiger partial charge in [-0.25, -0.2) is 0 Å². The van der Waals surface area contributed by atoms with Gasteiger partial charge in [-0.3, -0.25) is 19.3 Å². The van der Waals surface area contributed by atoms with E-state index in [-0.39, 0.29) is 17.3 Å². The minimum absolute atomic E-state index is 0.0952. The smallest absolute Gasteiger partial charge is 0.408 e. The molecule has 0 radical (unpaired) electrons. The molecule has 1 amide bonds. The number of rotatable bonds is 6. The van der Waals surface area contributed by atoms with Crippen molar-refractivity contribution in [2.45, 2.75) is 42.4 Å². The molecule has 12 heteroatoms. The van der Waals surface area contributed by atoms with Crippen LogP contribution >= 0.6 is 23.4 Å². The number of benzene rings is 3. The lowest BCUT2D eigenvalue weighted by Crippen LogP contribution is -2.60. The molecule has 6 rings (SSSR count). The lowest BCUT2D eigenvalue weighted by molar-refractivity contribution is -0.173. The summed E-state index contributed by atoms with van der Waals surface area (Å²) < 4.78 is 50.4. The van der Waals surface area contributed by atoms with Crippen molar-refractivity contribution >= 4 is 35.0 Å². The standard InChI is InChI=1S/C33H30ClF3N4O3S/c1-20(33(35,36)37)39-19-41(28-23-13-7-8-15-26(23)45-18-22-12-9-14-25(27(22)28)38(2)3)40-16-24(34)30(42)31(29(40)32(39)43)44-17-21-10-5-4-6-11-21/h4-16,20,28H,17-19H2,1-3H3/t20-,28+/m1/s1. The highest BCUT2D eigenvalue weighted by molar-refractivity contribution is 7.98. The Morgan fingerprint density at radius 3 is 2.44 bits per heavy atom. The molecule has 0 N–H and O–H groups in total. The van der Waals surface area contributed by atoms with E-state index in [1.807, 2.05) is 67.5 Å². The van der Waals surface area contributed by atoms with Crippen molar-refractivity contribution < 1.29 is 22.7 Å². The normalized spacial score (nSPS) is 16.8. The van der Waals surface area contributed by atoms with Crippen molar-refractivity contribution in [1.29, 1.82) is 0 Å². The average Bonchev–Trinajstić information content (AvgIpc) is 3.18. The number of anilines is 1. The van der Waals surface area contributed by atoms with E-state index in [1.54, 1.807) is 41.0 Å². The van der Waals surface area contributed by atoms with E-state index >= 15 is 0 Å². The topological polar surface area (TPSA) is 58.0 Å². The summed E-state index contributed by atoms with van der Waals surface area (Å²) in [5, 5.41) is 1.45. The number of aromatic nitrogens is 1. The summed E-state index contributed by atoms with van der Waals surface area (Å²) in [6, 6.07) is 19.8. The lowest BCUT2D eigenvalue weighted by Gasteiger charge is -2.46. The van der Waals surface area contributed by atoms with Crippen LogP contribution in [-0.2, 0) is 12.4 Å². The number of hydrogen-bond acceptors (Lipinski definition) is 6. The quantitative estimate of drug-likeness (QED) is 0.227. The first-order valence-corrected chi connectivity index (χ1v) is 15.6. The molecule has 0 saturated heterocycles. The van der Waals surface area contributed by atoms with Crippen LogP contribution in [0.1, 0.15) is 45.7 Å². The Balaban J connectivity index is 1.63. The van der Waals surface area contributed by atoms with Gasteiger partial charge in [0.05, 0.1) is 0 Å². The highest BCUT2D eigenvalue weighted by atomic mass is 35.5. The minimum Gasteiger partial charge on any atom is -0.482 e. The number of carbonyl (C=O) groups is 1. The number of carbonyl (C=O) groups excluding carboxylic acids is 1. The fraction of sp³-hybridized carbons (Fsp3) is 0.273. The first kappa shape index (κ1) is 30.9. The maximum Gasteiger partial charge on any atom is 0.408 e. The molecule has 0 fully saturated rings. The molecule has 0 aliphatic carbocycles. The van der Waals surface area contributed by atoms with Crippen LogP contribution in [0, 0.1) is 0 Å². The summed E-state index contributed by atoms with van der Waals surface area (Å²) >= 11 is 8.15. The number of pyridine rings is 1. The molecule has 0 spiro atoms. The second kappa shape index (κ2) is 12.0. The maximum absolute atomic E-state index is 14.3. The Bertz CT molecular complexity index is 1820. The highest BCUT2D eigenvalue weighted by Crippen LogP contribution is 2.46. The van der Waals surface area contributed by atoms with Gasteiger partial charge in [0.15, 0.2) is 11.4 Å². The number of fused-ring (bicyclic) bond motifs is 3. The molecule has 2 aliphatic rings. The number of thioether (sulfide) groups is 1. The monoisotopic (exact) mass is 654 g/mol. The molecule has 0 saturated carbocycles. The molecule has 7 nitrogen and oxygen atoms in total. The second-order valence-corrected chi connectivity index (χ2v) is 12.6. The summed E-state index contributed by atoms with van der Waals surface area (Å²) in [5.41, 5.74) is 3.19. The third-order valence-corrected chi connectivity index (χ3v) is 9.54. The third-order valence-electron chi connectivity index (χ3n) is 8.13. The van der Waals surface area contributed by atoms with Crippen LogP contribution in [0.15, 0.2) is 88.7 Å². The summed E-state index contributed by atoms with van der Waals surface area (Å²) in [4.78, 5) is 31.2. The van der Waals surface area contributed by atoms with Crippen LogP contribution in [-0.4, -0.2) is 48.5 Å². The Morgan fingerprint density at radius 1 is 1.02 bits per heavy atom. The number of nitrogens with zero attached hydrogens (tertiary/aromatic N) is 4. The fourth-order valence-corrected chi connectivity index (χ4v) is 7.07. The maximum atomic E-state index is 14.3. The van der Waals surface area contributed by atoms with Crippen molar-refractivity contribution in [3.8, 4) is 5.75 Å². The zero-order valence-corrected chi connectivity index (χ0v) is 26.3. The Labute approximate surface area is 267 Å². The van der Waals surface area contributed by atoms with Crippen molar-refractivity contribution in [3.63, 3.8) is 0 Å². The molecule has 4 aromatic rings. The molecular weight excluding hydrogens is 625 g/mol. The first-order valence-electron chi connectivity index (χ1n) is 14.2. The Hall–Kier alpha value is -4.09. The van der Waals surface area contributed by atoms with Gasteiger partial charge in [0.25, 0.3) is 5.91 Å². The zero-order chi connectivity index (χ0) is 32.0. The van der Waals surface area contributed by atoms with Gasteiger partial charge in [-0.15, -0.1) is 11.8 Å². The molecule has 0 unspecified atom stereocenters. The third kappa shape index (κ3) is 5.63. The van der Waals surface area contributed by atoms with E-state index in [2.05, 4.69) is 0 Å². The fourth-order valence-electron chi connectivity index (χ4n) is 5.81. The Kier molecular flexibility index (Phi) is 8.26. The van der Waals surface area contributed by atoms with E-state index in [1.165, 1.54) is 10.9 Å². The highest BCUT2D eigenvalue weighted by Gasteiger charge is 2.48. The molecule has 2 aliphatic heterocycles. The zero-order valence-electron chi connectivity index (χ0n) is 24.7. The number of ether oxygens (including phenoxy) is 1. The molecule has 45 heavy (non-hydrogen) atoms. The van der Waals surface area contributed by atoms with Crippen LogP contribution in [0.5, 0.6) is 5.75 Å². The number of hydrogen-bond donors (Lipinski definition) is 0.